The number of hydrogen-bond acceptors (Lipinski definition) is 4. The standard InChI is InChI=1S/C21H21FN4O3/c1-29-18-4-2-3-15(13-18)20(27)25-11-9-14(10-12-25)19-23-21(28)26(24-19)17-7-5-16(22)6-8-17/h2-8,13-14H,9-12H2,1H3,(H,23,24,28). The van der Waals surface area contributed by atoms with Crippen molar-refractivity contribution in [2.45, 2.75) is 18.8 Å². The summed E-state index contributed by atoms with van der Waals surface area (Å²) >= 11 is 0. The minimum Gasteiger partial charge on any atom is -0.497 e. The van der Waals surface area contributed by atoms with Crippen molar-refractivity contribution in [3.63, 3.8) is 0 Å². The van der Waals surface area contributed by atoms with Crippen LogP contribution >= 0.6 is 0 Å². The Labute approximate surface area is 166 Å². The fourth-order valence-corrected chi connectivity index (χ4v) is 3.58. The zero-order valence-corrected chi connectivity index (χ0v) is 16.0. The molecule has 0 spiro atoms. The zero-order valence-electron chi connectivity index (χ0n) is 16.0. The smallest absolute Gasteiger partial charge is 0.348 e. The van der Waals surface area contributed by atoms with E-state index in [0.29, 0.717) is 48.8 Å². The minimum atomic E-state index is -0.370. The first-order valence-corrected chi connectivity index (χ1v) is 9.43. The van der Waals surface area contributed by atoms with Crippen LogP contribution in [-0.4, -0.2) is 45.8 Å². The molecule has 0 saturated carbocycles. The van der Waals surface area contributed by atoms with Crippen LogP contribution in [0.3, 0.4) is 0 Å². The van der Waals surface area contributed by atoms with Gasteiger partial charge in [-0.3, -0.25) is 9.78 Å². The van der Waals surface area contributed by atoms with E-state index in [1.54, 1.807) is 36.3 Å². The fraction of sp³-hybridized carbons (Fsp3) is 0.286. The number of piperidine rings is 1. The number of benzene rings is 2. The van der Waals surface area contributed by atoms with Crippen molar-refractivity contribution in [2.75, 3.05) is 20.2 Å². The molecule has 8 heteroatoms. The van der Waals surface area contributed by atoms with Crippen LogP contribution in [-0.2, 0) is 0 Å². The first-order chi connectivity index (χ1) is 14.0. The van der Waals surface area contributed by atoms with Crippen LogP contribution in [0.5, 0.6) is 5.75 Å². The summed E-state index contributed by atoms with van der Waals surface area (Å²) in [5.41, 5.74) is 0.739. The van der Waals surface area contributed by atoms with Crippen LogP contribution in [0.15, 0.2) is 53.3 Å². The summed E-state index contributed by atoms with van der Waals surface area (Å²) in [6.45, 7) is 1.15. The Bertz CT molecular complexity index is 1070. The van der Waals surface area contributed by atoms with Gasteiger partial charge in [0.15, 0.2) is 0 Å². The van der Waals surface area contributed by atoms with Crippen molar-refractivity contribution in [3.8, 4) is 11.4 Å². The summed E-state index contributed by atoms with van der Waals surface area (Å²) in [4.78, 5) is 29.6. The SMILES string of the molecule is COc1cccc(C(=O)N2CCC(c3nn(-c4ccc(F)cc4)c(=O)[nH]3)CC2)c1. The predicted molar refractivity (Wildman–Crippen MR) is 105 cm³/mol. The zero-order chi connectivity index (χ0) is 20.4. The second-order valence-electron chi connectivity index (χ2n) is 7.00. The third-order valence-electron chi connectivity index (χ3n) is 5.19. The lowest BCUT2D eigenvalue weighted by Gasteiger charge is -2.31. The molecule has 0 atom stereocenters. The number of aromatic amines is 1. The number of nitrogens with one attached hydrogen (secondary N) is 1. The normalized spacial score (nSPS) is 14.8. The molecule has 4 rings (SSSR count). The lowest BCUT2D eigenvalue weighted by atomic mass is 9.95. The maximum absolute atomic E-state index is 13.1. The molecule has 0 radical (unpaired) electrons. The highest BCUT2D eigenvalue weighted by Crippen LogP contribution is 2.26. The Morgan fingerprint density at radius 1 is 1.17 bits per heavy atom. The van der Waals surface area contributed by atoms with Gasteiger partial charge in [0, 0.05) is 24.6 Å². The van der Waals surface area contributed by atoms with Crippen LogP contribution in [0, 0.1) is 5.82 Å². The second-order valence-corrected chi connectivity index (χ2v) is 7.00. The van der Waals surface area contributed by atoms with Crippen LogP contribution < -0.4 is 10.4 Å². The molecule has 2 heterocycles. The molecule has 1 fully saturated rings. The van der Waals surface area contributed by atoms with Crippen molar-refractivity contribution in [1.82, 2.24) is 19.7 Å². The van der Waals surface area contributed by atoms with Crippen molar-refractivity contribution in [1.29, 1.82) is 0 Å². The highest BCUT2D eigenvalue weighted by atomic mass is 19.1. The molecule has 1 aliphatic heterocycles. The van der Waals surface area contributed by atoms with Gasteiger partial charge in [-0.1, -0.05) is 6.07 Å². The third kappa shape index (κ3) is 3.91. The van der Waals surface area contributed by atoms with Crippen LogP contribution in [0.25, 0.3) is 5.69 Å². The van der Waals surface area contributed by atoms with Gasteiger partial charge in [0.2, 0.25) is 0 Å². The van der Waals surface area contributed by atoms with E-state index >= 15 is 0 Å². The Kier molecular flexibility index (Phi) is 5.16. The van der Waals surface area contributed by atoms with E-state index in [-0.39, 0.29) is 23.3 Å². The maximum atomic E-state index is 13.1. The molecule has 0 unspecified atom stereocenters. The summed E-state index contributed by atoms with van der Waals surface area (Å²) in [6.07, 6.45) is 1.40. The second kappa shape index (κ2) is 7.90. The Morgan fingerprint density at radius 2 is 1.90 bits per heavy atom. The number of ether oxygens (including phenoxy) is 1. The molecule has 1 aliphatic rings. The Balaban J connectivity index is 1.44. The van der Waals surface area contributed by atoms with Gasteiger partial charge in [-0.05, 0) is 55.3 Å². The van der Waals surface area contributed by atoms with Crippen molar-refractivity contribution in [3.05, 3.63) is 76.2 Å². The van der Waals surface area contributed by atoms with Gasteiger partial charge in [-0.2, -0.15) is 4.68 Å². The van der Waals surface area contributed by atoms with Crippen LogP contribution in [0.1, 0.15) is 34.9 Å². The number of halogens is 1. The Morgan fingerprint density at radius 3 is 2.59 bits per heavy atom. The molecule has 1 saturated heterocycles. The monoisotopic (exact) mass is 396 g/mol. The van der Waals surface area contributed by atoms with Crippen molar-refractivity contribution < 1.29 is 13.9 Å². The summed E-state index contributed by atoms with van der Waals surface area (Å²) in [5.74, 6) is 0.888. The molecule has 0 bridgehead atoms. The number of likely N-dealkylation sites (tertiary alicyclic amines) is 1. The van der Waals surface area contributed by atoms with Crippen LogP contribution in [0.2, 0.25) is 0 Å². The fourth-order valence-electron chi connectivity index (χ4n) is 3.58. The predicted octanol–water partition coefficient (Wildman–Crippen LogP) is 2.73. The van der Waals surface area contributed by atoms with Gasteiger partial charge in [-0.25, -0.2) is 9.18 Å². The molecule has 1 N–H and O–H groups in total. The first-order valence-electron chi connectivity index (χ1n) is 9.43. The molecule has 1 aromatic heterocycles. The first kappa shape index (κ1) is 18.9. The number of aromatic nitrogens is 3. The Hall–Kier alpha value is -3.42. The maximum Gasteiger partial charge on any atom is 0.348 e. The van der Waals surface area contributed by atoms with E-state index in [0.717, 1.165) is 0 Å². The lowest BCUT2D eigenvalue weighted by molar-refractivity contribution is 0.0710. The molecular formula is C21H21FN4O3. The molecule has 1 amide bonds. The molecular weight excluding hydrogens is 375 g/mol. The number of rotatable bonds is 4. The number of hydrogen-bond donors (Lipinski definition) is 1. The van der Waals surface area contributed by atoms with E-state index in [2.05, 4.69) is 10.1 Å². The summed E-state index contributed by atoms with van der Waals surface area (Å²) < 4.78 is 19.5. The molecule has 2 aromatic carbocycles. The van der Waals surface area contributed by atoms with E-state index in [1.165, 1.54) is 28.9 Å². The topological polar surface area (TPSA) is 80.2 Å². The molecule has 150 valence electrons. The summed E-state index contributed by atoms with van der Waals surface area (Å²) in [7, 11) is 1.57. The van der Waals surface area contributed by atoms with Gasteiger partial charge in [0.1, 0.15) is 17.4 Å². The third-order valence-corrected chi connectivity index (χ3v) is 5.19. The molecule has 0 aliphatic carbocycles. The molecule has 7 nitrogen and oxygen atoms in total. The van der Waals surface area contributed by atoms with Crippen molar-refractivity contribution in [2.24, 2.45) is 0 Å². The number of carbonyl (C=O) groups is 1. The summed E-state index contributed by atoms with van der Waals surface area (Å²) in [5, 5.41) is 4.39. The number of methoxy groups -OCH3 is 1. The number of carbonyl (C=O) groups excluding carboxylic acids is 1. The van der Waals surface area contributed by atoms with E-state index in [9.17, 15) is 14.0 Å². The van der Waals surface area contributed by atoms with E-state index in [1.807, 2.05) is 0 Å². The van der Waals surface area contributed by atoms with Gasteiger partial charge in [-0.15, -0.1) is 5.10 Å². The average Bonchev–Trinajstić information content (AvgIpc) is 3.15. The van der Waals surface area contributed by atoms with Gasteiger partial charge in [0.25, 0.3) is 5.91 Å². The summed E-state index contributed by atoms with van der Waals surface area (Å²) in [6, 6.07) is 12.7. The van der Waals surface area contributed by atoms with E-state index < -0.39 is 0 Å². The highest BCUT2D eigenvalue weighted by molar-refractivity contribution is 5.94. The molecule has 29 heavy (non-hydrogen) atoms. The van der Waals surface area contributed by atoms with Crippen LogP contribution in [0.4, 0.5) is 4.39 Å². The number of nitrogens with zero attached hydrogens (tertiary/aromatic N) is 3. The van der Waals surface area contributed by atoms with Gasteiger partial charge < -0.3 is 9.64 Å². The lowest BCUT2D eigenvalue weighted by Crippen LogP contribution is -2.38. The number of H-pyrrole nitrogens is 1. The average molecular weight is 396 g/mol. The van der Waals surface area contributed by atoms with Gasteiger partial charge >= 0.3 is 5.69 Å². The highest BCUT2D eigenvalue weighted by Gasteiger charge is 2.27. The van der Waals surface area contributed by atoms with Gasteiger partial charge in [0.05, 0.1) is 12.8 Å². The quantitative estimate of drug-likeness (QED) is 0.735. The minimum absolute atomic E-state index is 0.0346. The van der Waals surface area contributed by atoms with Crippen molar-refractivity contribution >= 4 is 5.91 Å². The largest absolute Gasteiger partial charge is 0.497 e. The molecule has 3 aromatic rings. The number of amides is 1. The van der Waals surface area contributed by atoms with E-state index in [4.69, 9.17) is 4.74 Å².